The first-order chi connectivity index (χ1) is 8.08. The second kappa shape index (κ2) is 5.04. The van der Waals surface area contributed by atoms with Gasteiger partial charge in [0.05, 0.1) is 0 Å². The Morgan fingerprint density at radius 1 is 1.53 bits per heavy atom. The third-order valence-electron chi connectivity index (χ3n) is 3.91. The zero-order valence-electron chi connectivity index (χ0n) is 10.5. The van der Waals surface area contributed by atoms with Crippen molar-refractivity contribution in [2.24, 2.45) is 11.8 Å². The van der Waals surface area contributed by atoms with Crippen LogP contribution < -0.4 is 10.6 Å². The van der Waals surface area contributed by atoms with Crippen molar-refractivity contribution in [3.05, 3.63) is 0 Å². The molecule has 0 radical (unpaired) electrons. The minimum atomic E-state index is 0.0687. The minimum absolute atomic E-state index is 0.0687. The van der Waals surface area contributed by atoms with E-state index in [0.717, 1.165) is 19.5 Å². The van der Waals surface area contributed by atoms with Crippen LogP contribution in [0.4, 0.5) is 0 Å². The number of piperidine rings is 1. The van der Waals surface area contributed by atoms with Crippen molar-refractivity contribution in [3.63, 3.8) is 0 Å². The summed E-state index contributed by atoms with van der Waals surface area (Å²) in [7, 11) is 1.79. The Hall–Kier alpha value is -1.10. The van der Waals surface area contributed by atoms with E-state index in [1.165, 1.54) is 0 Å². The smallest absolute Gasteiger partial charge is 0.223 e. The van der Waals surface area contributed by atoms with Crippen LogP contribution in [0.2, 0.25) is 0 Å². The Morgan fingerprint density at radius 3 is 2.76 bits per heavy atom. The number of amides is 2. The molecule has 17 heavy (non-hydrogen) atoms. The van der Waals surface area contributed by atoms with Crippen LogP contribution in [0, 0.1) is 11.8 Å². The normalized spacial score (nSPS) is 27.5. The van der Waals surface area contributed by atoms with Crippen LogP contribution in [-0.2, 0) is 9.59 Å². The van der Waals surface area contributed by atoms with Gasteiger partial charge in [-0.1, -0.05) is 6.92 Å². The Kier molecular flexibility index (Phi) is 3.66. The van der Waals surface area contributed by atoms with Gasteiger partial charge in [0.2, 0.25) is 11.8 Å². The van der Waals surface area contributed by atoms with Gasteiger partial charge in [0.25, 0.3) is 0 Å². The fraction of sp³-hybridized carbons (Fsp3) is 0.833. The highest BCUT2D eigenvalue weighted by Crippen LogP contribution is 2.17. The van der Waals surface area contributed by atoms with E-state index in [-0.39, 0.29) is 23.8 Å². The molecule has 5 nitrogen and oxygen atoms in total. The second-order valence-electron chi connectivity index (χ2n) is 5.23. The summed E-state index contributed by atoms with van der Waals surface area (Å²) in [5.41, 5.74) is 0. The largest absolute Gasteiger partial charge is 0.351 e. The molecule has 0 spiro atoms. The lowest BCUT2D eigenvalue weighted by Gasteiger charge is -2.34. The summed E-state index contributed by atoms with van der Waals surface area (Å²) in [6.45, 7) is 4.51. The molecule has 2 aliphatic rings. The van der Waals surface area contributed by atoms with Crippen LogP contribution in [0.1, 0.15) is 19.8 Å². The summed E-state index contributed by atoms with van der Waals surface area (Å²) in [5.74, 6) is 0.841. The van der Waals surface area contributed by atoms with Gasteiger partial charge in [-0.2, -0.15) is 0 Å². The number of carbonyl (C=O) groups is 2. The van der Waals surface area contributed by atoms with Crippen LogP contribution in [0.25, 0.3) is 0 Å². The van der Waals surface area contributed by atoms with Gasteiger partial charge in [-0.05, 0) is 25.4 Å². The zero-order valence-corrected chi connectivity index (χ0v) is 10.5. The minimum Gasteiger partial charge on any atom is -0.351 e. The number of hydrogen-bond acceptors (Lipinski definition) is 3. The first-order valence-corrected chi connectivity index (χ1v) is 6.33. The van der Waals surface area contributed by atoms with Gasteiger partial charge in [-0.3, -0.25) is 9.59 Å². The predicted octanol–water partition coefficient (Wildman–Crippen LogP) is -0.421. The molecule has 2 unspecified atom stereocenters. The molecule has 2 amide bonds. The molecule has 0 aromatic heterocycles. The maximum absolute atomic E-state index is 12.0. The van der Waals surface area contributed by atoms with E-state index in [9.17, 15) is 9.59 Å². The molecule has 96 valence electrons. The Bertz CT molecular complexity index is 315. The van der Waals surface area contributed by atoms with Crippen LogP contribution >= 0.6 is 0 Å². The monoisotopic (exact) mass is 239 g/mol. The van der Waals surface area contributed by atoms with Gasteiger partial charge in [0, 0.05) is 32.0 Å². The Morgan fingerprint density at radius 2 is 2.24 bits per heavy atom. The summed E-state index contributed by atoms with van der Waals surface area (Å²) in [5, 5.41) is 6.24. The average Bonchev–Trinajstić information content (AvgIpc) is 2.21. The lowest BCUT2D eigenvalue weighted by molar-refractivity contribution is -0.135. The SMILES string of the molecule is CC(C(=O)NC1CCC(=O)N(C)C1)C1CNC1. The Balaban J connectivity index is 1.80. The molecule has 2 atom stereocenters. The second-order valence-corrected chi connectivity index (χ2v) is 5.23. The highest BCUT2D eigenvalue weighted by molar-refractivity contribution is 5.80. The van der Waals surface area contributed by atoms with Crippen molar-refractivity contribution < 1.29 is 9.59 Å². The molecular formula is C12H21N3O2. The van der Waals surface area contributed by atoms with E-state index >= 15 is 0 Å². The maximum Gasteiger partial charge on any atom is 0.223 e. The molecule has 0 aliphatic carbocycles. The molecule has 2 aliphatic heterocycles. The fourth-order valence-electron chi connectivity index (χ4n) is 2.34. The molecule has 0 saturated carbocycles. The number of likely N-dealkylation sites (N-methyl/N-ethyl adjacent to an activating group) is 1. The van der Waals surface area contributed by atoms with Crippen LogP contribution in [-0.4, -0.2) is 49.4 Å². The fourth-order valence-corrected chi connectivity index (χ4v) is 2.34. The van der Waals surface area contributed by atoms with E-state index in [1.54, 1.807) is 11.9 Å². The molecule has 2 saturated heterocycles. The third kappa shape index (κ3) is 2.77. The van der Waals surface area contributed by atoms with Gasteiger partial charge >= 0.3 is 0 Å². The maximum atomic E-state index is 12.0. The highest BCUT2D eigenvalue weighted by Gasteiger charge is 2.31. The number of likely N-dealkylation sites (tertiary alicyclic amines) is 1. The number of hydrogen-bond donors (Lipinski definition) is 2. The van der Waals surface area contributed by atoms with Crippen molar-refractivity contribution >= 4 is 11.8 Å². The molecular weight excluding hydrogens is 218 g/mol. The van der Waals surface area contributed by atoms with Crippen molar-refractivity contribution in [3.8, 4) is 0 Å². The number of nitrogens with one attached hydrogen (secondary N) is 2. The summed E-state index contributed by atoms with van der Waals surface area (Å²) in [4.78, 5) is 25.0. The van der Waals surface area contributed by atoms with Crippen LogP contribution in [0.15, 0.2) is 0 Å². The zero-order chi connectivity index (χ0) is 12.4. The van der Waals surface area contributed by atoms with Crippen molar-refractivity contribution in [2.75, 3.05) is 26.7 Å². The van der Waals surface area contributed by atoms with Gasteiger partial charge in [-0.25, -0.2) is 0 Å². The Labute approximate surface area is 102 Å². The van der Waals surface area contributed by atoms with Crippen LogP contribution in [0.3, 0.4) is 0 Å². The van der Waals surface area contributed by atoms with E-state index in [0.29, 0.717) is 18.9 Å². The van der Waals surface area contributed by atoms with Gasteiger partial charge in [0.15, 0.2) is 0 Å². The van der Waals surface area contributed by atoms with Gasteiger partial charge < -0.3 is 15.5 Å². The molecule has 5 heteroatoms. The molecule has 2 N–H and O–H groups in total. The predicted molar refractivity (Wildman–Crippen MR) is 64.3 cm³/mol. The topological polar surface area (TPSA) is 61.4 Å². The first-order valence-electron chi connectivity index (χ1n) is 6.33. The number of rotatable bonds is 3. The molecule has 2 rings (SSSR count). The third-order valence-corrected chi connectivity index (χ3v) is 3.91. The van der Waals surface area contributed by atoms with E-state index < -0.39 is 0 Å². The summed E-state index contributed by atoms with van der Waals surface area (Å²) in [6.07, 6.45) is 1.31. The quantitative estimate of drug-likeness (QED) is 0.703. The van der Waals surface area contributed by atoms with Crippen molar-refractivity contribution in [2.45, 2.75) is 25.8 Å². The number of carbonyl (C=O) groups excluding carboxylic acids is 2. The van der Waals surface area contributed by atoms with Crippen LogP contribution in [0.5, 0.6) is 0 Å². The number of nitrogens with zero attached hydrogens (tertiary/aromatic N) is 1. The average molecular weight is 239 g/mol. The standard InChI is InChI=1S/C12H21N3O2/c1-8(9-5-13-6-9)12(17)14-10-3-4-11(16)15(2)7-10/h8-10,13H,3-7H2,1-2H3,(H,14,17). The van der Waals surface area contributed by atoms with Crippen molar-refractivity contribution in [1.29, 1.82) is 0 Å². The lowest BCUT2D eigenvalue weighted by atomic mass is 9.88. The highest BCUT2D eigenvalue weighted by atomic mass is 16.2. The lowest BCUT2D eigenvalue weighted by Crippen LogP contribution is -2.53. The van der Waals surface area contributed by atoms with Gasteiger partial charge in [0.1, 0.15) is 0 Å². The molecule has 0 bridgehead atoms. The van der Waals surface area contributed by atoms with E-state index in [1.807, 2.05) is 6.92 Å². The first kappa shape index (κ1) is 12.4. The molecule has 2 fully saturated rings. The molecule has 2 heterocycles. The summed E-state index contributed by atoms with van der Waals surface area (Å²) in [6, 6.07) is 0.126. The molecule has 0 aromatic carbocycles. The van der Waals surface area contributed by atoms with Gasteiger partial charge in [-0.15, -0.1) is 0 Å². The summed E-state index contributed by atoms with van der Waals surface area (Å²) < 4.78 is 0. The summed E-state index contributed by atoms with van der Waals surface area (Å²) >= 11 is 0. The van der Waals surface area contributed by atoms with Crippen molar-refractivity contribution in [1.82, 2.24) is 15.5 Å². The molecule has 0 aromatic rings. The van der Waals surface area contributed by atoms with E-state index in [2.05, 4.69) is 10.6 Å². The van der Waals surface area contributed by atoms with E-state index in [4.69, 9.17) is 0 Å².